The summed E-state index contributed by atoms with van der Waals surface area (Å²) in [4.78, 5) is 0. The Bertz CT molecular complexity index is 411. The van der Waals surface area contributed by atoms with Gasteiger partial charge in [0.05, 0.1) is 13.7 Å². The van der Waals surface area contributed by atoms with E-state index in [1.807, 2.05) is 13.0 Å². The number of benzene rings is 1. The third-order valence-electron chi connectivity index (χ3n) is 4.14. The molecule has 1 fully saturated rings. The van der Waals surface area contributed by atoms with Crippen LogP contribution in [0.4, 0.5) is 0 Å². The van der Waals surface area contributed by atoms with Gasteiger partial charge >= 0.3 is 0 Å². The van der Waals surface area contributed by atoms with E-state index in [1.165, 1.54) is 31.2 Å². The number of hydrogen-bond acceptors (Lipinski definition) is 3. The minimum atomic E-state index is 0.660. The van der Waals surface area contributed by atoms with Gasteiger partial charge in [-0.2, -0.15) is 0 Å². The molecule has 0 saturated heterocycles. The maximum absolute atomic E-state index is 5.62. The predicted octanol–water partition coefficient (Wildman–Crippen LogP) is 3.76. The van der Waals surface area contributed by atoms with E-state index in [2.05, 4.69) is 24.4 Å². The molecule has 1 aliphatic rings. The lowest BCUT2D eigenvalue weighted by atomic mass is 9.87. The Morgan fingerprint density at radius 2 is 1.90 bits per heavy atom. The summed E-state index contributed by atoms with van der Waals surface area (Å²) in [6.45, 7) is 5.92. The average Bonchev–Trinajstić information content (AvgIpc) is 2.47. The van der Waals surface area contributed by atoms with Gasteiger partial charge in [-0.25, -0.2) is 0 Å². The van der Waals surface area contributed by atoms with Gasteiger partial charge in [-0.3, -0.25) is 0 Å². The molecule has 0 aliphatic heterocycles. The van der Waals surface area contributed by atoms with Gasteiger partial charge in [-0.15, -0.1) is 0 Å². The number of methoxy groups -OCH3 is 1. The SMILES string of the molecule is CCOc1cc(CNC2CCC(C)CC2)ccc1OC. The minimum absolute atomic E-state index is 0.660. The van der Waals surface area contributed by atoms with Crippen molar-refractivity contribution >= 4 is 0 Å². The normalized spacial score (nSPS) is 22.6. The zero-order valence-corrected chi connectivity index (χ0v) is 12.9. The molecule has 2 rings (SSSR count). The molecule has 1 aromatic rings. The molecule has 0 amide bonds. The Balaban J connectivity index is 1.90. The Morgan fingerprint density at radius 1 is 1.15 bits per heavy atom. The van der Waals surface area contributed by atoms with Gasteiger partial charge in [0.2, 0.25) is 0 Å². The van der Waals surface area contributed by atoms with E-state index in [1.54, 1.807) is 7.11 Å². The fraction of sp³-hybridized carbons (Fsp3) is 0.647. The van der Waals surface area contributed by atoms with Crippen LogP contribution in [0.3, 0.4) is 0 Å². The molecule has 0 aromatic heterocycles. The van der Waals surface area contributed by atoms with Crippen molar-refractivity contribution in [1.29, 1.82) is 0 Å². The second-order valence-electron chi connectivity index (χ2n) is 5.76. The standard InChI is InChI=1S/C17H27NO2/c1-4-20-17-11-14(7-10-16(17)19-3)12-18-15-8-5-13(2)6-9-15/h7,10-11,13,15,18H,4-6,8-9,12H2,1-3H3. The average molecular weight is 277 g/mol. The number of hydrogen-bond donors (Lipinski definition) is 1. The quantitative estimate of drug-likeness (QED) is 0.858. The Morgan fingerprint density at radius 3 is 2.55 bits per heavy atom. The van der Waals surface area contributed by atoms with Crippen LogP contribution < -0.4 is 14.8 Å². The highest BCUT2D eigenvalue weighted by Crippen LogP contribution is 2.28. The van der Waals surface area contributed by atoms with Crippen LogP contribution in [-0.4, -0.2) is 19.8 Å². The second-order valence-corrected chi connectivity index (χ2v) is 5.76. The van der Waals surface area contributed by atoms with Crippen LogP contribution in [0, 0.1) is 5.92 Å². The summed E-state index contributed by atoms with van der Waals surface area (Å²) in [5, 5.41) is 3.67. The third-order valence-corrected chi connectivity index (χ3v) is 4.14. The fourth-order valence-electron chi connectivity index (χ4n) is 2.83. The van der Waals surface area contributed by atoms with Crippen LogP contribution in [0.15, 0.2) is 18.2 Å². The number of ether oxygens (including phenoxy) is 2. The molecular formula is C17H27NO2. The predicted molar refractivity (Wildman–Crippen MR) is 82.4 cm³/mol. The van der Waals surface area contributed by atoms with Gasteiger partial charge in [0.1, 0.15) is 0 Å². The highest BCUT2D eigenvalue weighted by molar-refractivity contribution is 5.42. The zero-order valence-electron chi connectivity index (χ0n) is 12.9. The van der Waals surface area contributed by atoms with Crippen molar-refractivity contribution in [3.8, 4) is 11.5 Å². The Kier molecular flexibility index (Phi) is 5.72. The maximum Gasteiger partial charge on any atom is 0.161 e. The molecule has 0 heterocycles. The van der Waals surface area contributed by atoms with E-state index in [4.69, 9.17) is 9.47 Å². The van der Waals surface area contributed by atoms with E-state index < -0.39 is 0 Å². The smallest absolute Gasteiger partial charge is 0.161 e. The summed E-state index contributed by atoms with van der Waals surface area (Å²) >= 11 is 0. The highest BCUT2D eigenvalue weighted by Gasteiger charge is 2.17. The van der Waals surface area contributed by atoms with Crippen molar-refractivity contribution in [2.24, 2.45) is 5.92 Å². The van der Waals surface area contributed by atoms with Crippen molar-refractivity contribution in [2.45, 2.75) is 52.1 Å². The third kappa shape index (κ3) is 4.14. The lowest BCUT2D eigenvalue weighted by molar-refractivity contribution is 0.304. The van der Waals surface area contributed by atoms with Gasteiger partial charge in [0.25, 0.3) is 0 Å². The summed E-state index contributed by atoms with van der Waals surface area (Å²) in [7, 11) is 1.68. The molecular weight excluding hydrogens is 250 g/mol. The molecule has 3 heteroatoms. The molecule has 0 spiro atoms. The molecule has 1 aromatic carbocycles. The first-order valence-corrected chi connectivity index (χ1v) is 7.76. The Hall–Kier alpha value is -1.22. The topological polar surface area (TPSA) is 30.5 Å². The van der Waals surface area contributed by atoms with Crippen LogP contribution in [0.25, 0.3) is 0 Å². The summed E-state index contributed by atoms with van der Waals surface area (Å²) in [6, 6.07) is 6.86. The summed E-state index contributed by atoms with van der Waals surface area (Å²) in [5.41, 5.74) is 1.26. The van der Waals surface area contributed by atoms with Gasteiger partial charge in [-0.05, 0) is 56.2 Å². The first-order chi connectivity index (χ1) is 9.72. The second kappa shape index (κ2) is 7.53. The van der Waals surface area contributed by atoms with Crippen LogP contribution in [0.5, 0.6) is 11.5 Å². The first kappa shape index (κ1) is 15.2. The van der Waals surface area contributed by atoms with E-state index in [0.29, 0.717) is 12.6 Å². The monoisotopic (exact) mass is 277 g/mol. The van der Waals surface area contributed by atoms with E-state index in [9.17, 15) is 0 Å². The maximum atomic E-state index is 5.62. The largest absolute Gasteiger partial charge is 0.493 e. The molecule has 1 saturated carbocycles. The summed E-state index contributed by atoms with van der Waals surface area (Å²) < 4.78 is 10.9. The molecule has 0 radical (unpaired) electrons. The molecule has 0 bridgehead atoms. The molecule has 0 atom stereocenters. The fourth-order valence-corrected chi connectivity index (χ4v) is 2.83. The summed E-state index contributed by atoms with van der Waals surface area (Å²) in [6.07, 6.45) is 5.31. The zero-order chi connectivity index (χ0) is 14.4. The van der Waals surface area contributed by atoms with Crippen molar-refractivity contribution in [3.05, 3.63) is 23.8 Å². The Labute approximate surface area is 122 Å². The van der Waals surface area contributed by atoms with Gasteiger partial charge in [0.15, 0.2) is 11.5 Å². The molecule has 112 valence electrons. The van der Waals surface area contributed by atoms with Crippen molar-refractivity contribution < 1.29 is 9.47 Å². The van der Waals surface area contributed by atoms with Crippen molar-refractivity contribution in [2.75, 3.05) is 13.7 Å². The first-order valence-electron chi connectivity index (χ1n) is 7.76. The van der Waals surface area contributed by atoms with Gasteiger partial charge in [-0.1, -0.05) is 13.0 Å². The van der Waals surface area contributed by atoms with Crippen LogP contribution >= 0.6 is 0 Å². The molecule has 0 unspecified atom stereocenters. The number of rotatable bonds is 6. The van der Waals surface area contributed by atoms with Crippen molar-refractivity contribution in [3.63, 3.8) is 0 Å². The minimum Gasteiger partial charge on any atom is -0.493 e. The van der Waals surface area contributed by atoms with E-state index in [0.717, 1.165) is 24.0 Å². The van der Waals surface area contributed by atoms with Crippen LogP contribution in [-0.2, 0) is 6.54 Å². The molecule has 1 aliphatic carbocycles. The summed E-state index contributed by atoms with van der Waals surface area (Å²) in [5.74, 6) is 2.55. The van der Waals surface area contributed by atoms with E-state index >= 15 is 0 Å². The lowest BCUT2D eigenvalue weighted by Gasteiger charge is -2.27. The van der Waals surface area contributed by atoms with Crippen LogP contribution in [0.1, 0.15) is 45.1 Å². The molecule has 1 N–H and O–H groups in total. The number of nitrogens with one attached hydrogen (secondary N) is 1. The van der Waals surface area contributed by atoms with E-state index in [-0.39, 0.29) is 0 Å². The lowest BCUT2D eigenvalue weighted by Crippen LogP contribution is -2.32. The van der Waals surface area contributed by atoms with Crippen molar-refractivity contribution in [1.82, 2.24) is 5.32 Å². The molecule has 3 nitrogen and oxygen atoms in total. The van der Waals surface area contributed by atoms with Crippen LogP contribution in [0.2, 0.25) is 0 Å². The van der Waals surface area contributed by atoms with Gasteiger partial charge in [0, 0.05) is 12.6 Å². The highest BCUT2D eigenvalue weighted by atomic mass is 16.5. The van der Waals surface area contributed by atoms with Gasteiger partial charge < -0.3 is 14.8 Å². The molecule has 20 heavy (non-hydrogen) atoms.